The second-order valence-corrected chi connectivity index (χ2v) is 13.0. The van der Waals surface area contributed by atoms with Crippen molar-refractivity contribution in [2.45, 2.75) is 38.8 Å². The number of aryl methyl sites for hydroxylation is 1. The summed E-state index contributed by atoms with van der Waals surface area (Å²) < 4.78 is 47.3. The fourth-order valence-electron chi connectivity index (χ4n) is 6.49. The maximum Gasteiger partial charge on any atom is 0.433 e. The lowest BCUT2D eigenvalue weighted by Crippen LogP contribution is -2.52. The molecule has 1 aromatic carbocycles. The average Bonchev–Trinajstić information content (AvgIpc) is 3.86. The molecule has 0 spiro atoms. The number of nitrogens with one attached hydrogen (secondary N) is 5. The van der Waals surface area contributed by atoms with Gasteiger partial charge in [-0.1, -0.05) is 11.6 Å². The van der Waals surface area contributed by atoms with Gasteiger partial charge in [0, 0.05) is 86.4 Å². The van der Waals surface area contributed by atoms with E-state index in [0.717, 1.165) is 25.9 Å². The second-order valence-electron chi connectivity index (χ2n) is 12.6. The summed E-state index contributed by atoms with van der Waals surface area (Å²) in [5.74, 6) is -0.934. The Bertz CT molecular complexity index is 1890. The SMILES string of the molecule is COCCc1n[nH]c(C)c1-c1n[nH]c(C(F)(F)F)c1Cc1cnc(C(=O)Nc2ccc(C(=O)N3CCN(C(=O)C4CCNCC4)CC3)c(Cl)c2)[nH]1. The monoisotopic (exact) mass is 730 g/mol. The van der Waals surface area contributed by atoms with E-state index in [1.807, 2.05) is 4.90 Å². The first-order chi connectivity index (χ1) is 24.4. The number of hydrogen-bond acceptors (Lipinski definition) is 8. The lowest BCUT2D eigenvalue weighted by Gasteiger charge is -2.37. The summed E-state index contributed by atoms with van der Waals surface area (Å²) in [6.07, 6.45) is -1.72. The molecule has 0 radical (unpaired) electrons. The third kappa shape index (κ3) is 7.94. The van der Waals surface area contributed by atoms with Crippen molar-refractivity contribution in [3.8, 4) is 11.3 Å². The van der Waals surface area contributed by atoms with E-state index >= 15 is 0 Å². The van der Waals surface area contributed by atoms with Crippen molar-refractivity contribution in [3.05, 3.63) is 69.1 Å². The number of carbonyl (C=O) groups excluding carboxylic acids is 3. The number of aromatic nitrogens is 6. The summed E-state index contributed by atoms with van der Waals surface area (Å²) in [6, 6.07) is 4.48. The van der Waals surface area contributed by atoms with E-state index in [1.54, 1.807) is 11.8 Å². The maximum atomic E-state index is 14.1. The number of carbonyl (C=O) groups is 3. The van der Waals surface area contributed by atoms with Crippen LogP contribution in [0.5, 0.6) is 0 Å². The maximum absolute atomic E-state index is 14.1. The van der Waals surface area contributed by atoms with E-state index in [1.165, 1.54) is 31.5 Å². The van der Waals surface area contributed by atoms with Gasteiger partial charge >= 0.3 is 6.18 Å². The highest BCUT2D eigenvalue weighted by Gasteiger charge is 2.38. The fraction of sp³-hybridized carbons (Fsp3) is 0.455. The molecule has 5 heterocycles. The van der Waals surface area contributed by atoms with Crippen LogP contribution in [0.1, 0.15) is 62.2 Å². The van der Waals surface area contributed by atoms with Crippen LogP contribution in [0.2, 0.25) is 5.02 Å². The molecule has 3 amide bonds. The zero-order chi connectivity index (χ0) is 36.3. The quantitative estimate of drug-likeness (QED) is 0.164. The molecule has 4 aromatic rings. The Morgan fingerprint density at radius 1 is 1.06 bits per heavy atom. The zero-order valence-electron chi connectivity index (χ0n) is 28.0. The minimum atomic E-state index is -4.72. The molecule has 0 unspecified atom stereocenters. The van der Waals surface area contributed by atoms with Crippen molar-refractivity contribution in [2.24, 2.45) is 5.92 Å². The number of H-pyrrole nitrogens is 3. The van der Waals surface area contributed by atoms with Gasteiger partial charge in [-0.3, -0.25) is 24.6 Å². The minimum Gasteiger partial charge on any atom is -0.384 e. The van der Waals surface area contributed by atoms with Crippen LogP contribution in [0.25, 0.3) is 11.3 Å². The van der Waals surface area contributed by atoms with Crippen LogP contribution >= 0.6 is 11.6 Å². The van der Waals surface area contributed by atoms with Gasteiger partial charge in [0.1, 0.15) is 5.69 Å². The van der Waals surface area contributed by atoms with Gasteiger partial charge in [0.25, 0.3) is 11.8 Å². The van der Waals surface area contributed by atoms with E-state index in [0.29, 0.717) is 56.2 Å². The van der Waals surface area contributed by atoms with E-state index < -0.39 is 17.8 Å². The first-order valence-electron chi connectivity index (χ1n) is 16.6. The number of anilines is 1. The zero-order valence-corrected chi connectivity index (χ0v) is 28.8. The lowest BCUT2D eigenvalue weighted by molar-refractivity contribution is -0.141. The lowest BCUT2D eigenvalue weighted by atomic mass is 9.96. The van der Waals surface area contributed by atoms with Gasteiger partial charge in [0.15, 0.2) is 5.82 Å². The van der Waals surface area contributed by atoms with Gasteiger partial charge in [-0.25, -0.2) is 4.98 Å². The molecule has 2 aliphatic heterocycles. The molecular formula is C33H38ClF3N10O4. The summed E-state index contributed by atoms with van der Waals surface area (Å²) in [5, 5.41) is 19.2. The highest BCUT2D eigenvalue weighted by molar-refractivity contribution is 6.34. The van der Waals surface area contributed by atoms with Gasteiger partial charge in [0.2, 0.25) is 5.91 Å². The van der Waals surface area contributed by atoms with E-state index in [4.69, 9.17) is 16.3 Å². The van der Waals surface area contributed by atoms with Gasteiger partial charge in [-0.05, 0) is 51.1 Å². The van der Waals surface area contributed by atoms with Crippen molar-refractivity contribution < 1.29 is 32.3 Å². The van der Waals surface area contributed by atoms with Crippen molar-refractivity contribution in [3.63, 3.8) is 0 Å². The summed E-state index contributed by atoms with van der Waals surface area (Å²) >= 11 is 6.49. The Hall–Kier alpha value is -4.74. The van der Waals surface area contributed by atoms with Crippen LogP contribution in [-0.4, -0.2) is 111 Å². The molecule has 3 aromatic heterocycles. The smallest absolute Gasteiger partial charge is 0.384 e. The van der Waals surface area contributed by atoms with Crippen molar-refractivity contribution >= 4 is 35.0 Å². The number of benzene rings is 1. The van der Waals surface area contributed by atoms with Crippen molar-refractivity contribution in [1.29, 1.82) is 0 Å². The Morgan fingerprint density at radius 2 is 1.78 bits per heavy atom. The van der Waals surface area contributed by atoms with Gasteiger partial charge in [0.05, 0.1) is 28.6 Å². The van der Waals surface area contributed by atoms with Crippen LogP contribution in [-0.2, 0) is 28.5 Å². The first-order valence-corrected chi connectivity index (χ1v) is 16.9. The molecule has 18 heteroatoms. The molecule has 0 saturated carbocycles. The van der Waals surface area contributed by atoms with Crippen LogP contribution < -0.4 is 10.6 Å². The molecular weight excluding hydrogens is 693 g/mol. The number of amides is 3. The minimum absolute atomic E-state index is 0.0156. The number of piperazine rings is 1. The largest absolute Gasteiger partial charge is 0.433 e. The molecule has 0 aliphatic carbocycles. The topological polar surface area (TPSA) is 177 Å². The summed E-state index contributed by atoms with van der Waals surface area (Å²) in [6.45, 7) is 5.32. The Labute approximate surface area is 295 Å². The number of piperidine rings is 1. The van der Waals surface area contributed by atoms with E-state index in [-0.39, 0.29) is 63.2 Å². The number of aromatic amines is 3. The first kappa shape index (κ1) is 36.1. The fourth-order valence-corrected chi connectivity index (χ4v) is 6.75. The molecule has 0 atom stereocenters. The van der Waals surface area contributed by atoms with E-state index in [2.05, 4.69) is 41.0 Å². The Morgan fingerprint density at radius 3 is 2.47 bits per heavy atom. The average molecular weight is 731 g/mol. The predicted octanol–water partition coefficient (Wildman–Crippen LogP) is 3.82. The molecule has 2 fully saturated rings. The van der Waals surface area contributed by atoms with Crippen molar-refractivity contribution in [2.75, 3.05) is 58.3 Å². The molecule has 0 bridgehead atoms. The normalized spacial score (nSPS) is 15.7. The Kier molecular flexibility index (Phi) is 10.8. The van der Waals surface area contributed by atoms with E-state index in [9.17, 15) is 27.6 Å². The van der Waals surface area contributed by atoms with Gasteiger partial charge < -0.3 is 30.2 Å². The van der Waals surface area contributed by atoms with Crippen molar-refractivity contribution in [1.82, 2.24) is 45.5 Å². The number of imidazole rings is 1. The molecule has 272 valence electrons. The molecule has 2 aliphatic rings. The number of ether oxygens (including phenoxy) is 1. The molecule has 6 rings (SSSR count). The standard InChI is InChI=1S/C33H38ClF3N10O4/c1-18-26(25(43-42-18)7-14-51-2)27-23(28(45-44-27)33(35,36)37)15-21-17-39-29(40-21)30(48)41-20-3-4-22(24(34)16-20)32(50)47-12-10-46(11-13-47)31(49)19-5-8-38-9-6-19/h3-4,16-17,19,38H,5-15H2,1-2H3,(H,39,40)(H,41,48)(H,42,43)(H,44,45). The van der Waals surface area contributed by atoms with Crippen LogP contribution in [0, 0.1) is 12.8 Å². The predicted molar refractivity (Wildman–Crippen MR) is 180 cm³/mol. The number of hydrogen-bond donors (Lipinski definition) is 5. The van der Waals surface area contributed by atoms with Gasteiger partial charge in [-0.15, -0.1) is 0 Å². The molecule has 2 saturated heterocycles. The number of methoxy groups -OCH3 is 1. The van der Waals surface area contributed by atoms with Crippen LogP contribution in [0.3, 0.4) is 0 Å². The summed E-state index contributed by atoms with van der Waals surface area (Å²) in [5.41, 5.74) is 1.19. The van der Waals surface area contributed by atoms with Crippen LogP contribution in [0.4, 0.5) is 18.9 Å². The second kappa shape index (κ2) is 15.2. The van der Waals surface area contributed by atoms with Gasteiger partial charge in [-0.2, -0.15) is 23.4 Å². The highest BCUT2D eigenvalue weighted by Crippen LogP contribution is 2.38. The number of rotatable bonds is 10. The number of halogens is 4. The third-order valence-electron chi connectivity index (χ3n) is 9.19. The highest BCUT2D eigenvalue weighted by atomic mass is 35.5. The Balaban J connectivity index is 1.11. The van der Waals surface area contributed by atoms with Crippen LogP contribution in [0.15, 0.2) is 24.4 Å². The summed E-state index contributed by atoms with van der Waals surface area (Å²) in [4.78, 5) is 49.7. The molecule has 5 N–H and O–H groups in total. The third-order valence-corrected chi connectivity index (χ3v) is 9.50. The molecule has 51 heavy (non-hydrogen) atoms. The number of nitrogens with zero attached hydrogens (tertiary/aromatic N) is 5. The molecule has 14 nitrogen and oxygen atoms in total. The summed E-state index contributed by atoms with van der Waals surface area (Å²) in [7, 11) is 1.52. The number of alkyl halides is 3.